The van der Waals surface area contributed by atoms with Gasteiger partial charge >= 0.3 is 0 Å². The smallest absolute Gasteiger partial charge is 0.268 e. The first-order valence-corrected chi connectivity index (χ1v) is 13.8. The molecule has 6 rings (SSSR count). The van der Waals surface area contributed by atoms with Crippen LogP contribution >= 0.6 is 11.3 Å². The summed E-state index contributed by atoms with van der Waals surface area (Å²) in [5.74, 6) is 1.35. The number of aliphatic hydroxyl groups is 1. The number of hydrogen-bond donors (Lipinski definition) is 3. The van der Waals surface area contributed by atoms with Gasteiger partial charge in [-0.05, 0) is 30.3 Å². The molecule has 3 aromatic heterocycles. The second kappa shape index (κ2) is 11.0. The molecule has 0 atom stereocenters. The molecule has 1 amide bonds. The van der Waals surface area contributed by atoms with Crippen molar-refractivity contribution in [2.75, 3.05) is 36.8 Å². The Kier molecular flexibility index (Phi) is 7.16. The van der Waals surface area contributed by atoms with Crippen molar-refractivity contribution in [3.05, 3.63) is 83.2 Å². The maximum absolute atomic E-state index is 13.2. The van der Waals surface area contributed by atoms with E-state index in [0.717, 1.165) is 16.1 Å². The van der Waals surface area contributed by atoms with Crippen molar-refractivity contribution in [2.45, 2.75) is 19.6 Å². The van der Waals surface area contributed by atoms with Gasteiger partial charge in [-0.3, -0.25) is 19.8 Å². The molecule has 0 aliphatic carbocycles. The van der Waals surface area contributed by atoms with Crippen molar-refractivity contribution in [1.29, 1.82) is 0 Å². The predicted molar refractivity (Wildman–Crippen MR) is 154 cm³/mol. The van der Waals surface area contributed by atoms with Gasteiger partial charge < -0.3 is 19.4 Å². The number of hydrogen-bond acceptors (Lipinski definition) is 9. The number of aryl methyl sites for hydroxylation is 1. The van der Waals surface area contributed by atoms with Gasteiger partial charge in [0.2, 0.25) is 5.95 Å². The van der Waals surface area contributed by atoms with Gasteiger partial charge in [0.05, 0.1) is 39.6 Å². The van der Waals surface area contributed by atoms with Gasteiger partial charge in [0.15, 0.2) is 17.4 Å². The molecule has 0 spiro atoms. The number of ketones is 1. The minimum Gasteiger partial charge on any atom is -0.440 e. The quantitative estimate of drug-likeness (QED) is 0.218. The predicted octanol–water partition coefficient (Wildman–Crippen LogP) is 4.28. The molecule has 1 saturated heterocycles. The minimum atomic E-state index is -0.285. The van der Waals surface area contributed by atoms with E-state index in [4.69, 9.17) is 9.40 Å². The van der Waals surface area contributed by atoms with Gasteiger partial charge in [-0.2, -0.15) is 0 Å². The minimum absolute atomic E-state index is 0.00767. The average Bonchev–Trinajstić information content (AvgIpc) is 3.68. The Morgan fingerprint density at radius 3 is 2.67 bits per heavy atom. The van der Waals surface area contributed by atoms with E-state index in [0.29, 0.717) is 59.7 Å². The number of thiophene rings is 1. The Morgan fingerprint density at radius 1 is 1.10 bits per heavy atom. The lowest BCUT2D eigenvalue weighted by Gasteiger charge is -2.35. The summed E-state index contributed by atoms with van der Waals surface area (Å²) >= 11 is 1.32. The molecule has 2 aromatic carbocycles. The Balaban J connectivity index is 1.22. The molecule has 5 aromatic rings. The van der Waals surface area contributed by atoms with Gasteiger partial charge in [-0.1, -0.05) is 30.3 Å². The zero-order valence-electron chi connectivity index (χ0n) is 21.8. The van der Waals surface area contributed by atoms with Crippen LogP contribution in [-0.2, 0) is 6.54 Å². The highest BCUT2D eigenvalue weighted by atomic mass is 32.1. The largest absolute Gasteiger partial charge is 0.440 e. The maximum Gasteiger partial charge on any atom is 0.268 e. The molecule has 3 N–H and O–H groups in total. The molecule has 204 valence electrons. The molecule has 0 unspecified atom stereocenters. The number of likely N-dealkylation sites (tertiary alicyclic amines) is 1. The number of aliphatic hydroxyl groups excluding tert-OH is 1. The molecule has 0 bridgehead atoms. The van der Waals surface area contributed by atoms with E-state index in [2.05, 4.69) is 20.5 Å². The number of carbonyl (C=O) groups is 2. The number of fused-ring (bicyclic) bond motifs is 1. The fraction of sp³-hybridized carbons (Fsp3) is 0.241. The summed E-state index contributed by atoms with van der Waals surface area (Å²) in [5.41, 5.74) is 2.97. The summed E-state index contributed by atoms with van der Waals surface area (Å²) in [5, 5.41) is 15.8. The zero-order chi connectivity index (χ0) is 27.6. The SMILES string of the molecule is Cc1ncc(-c2ccc(C(=O)Nc3nc4cc(NCC(=O)c5ccccc5)ccc4n3CCN3CC(O)C3)s2)o1. The summed E-state index contributed by atoms with van der Waals surface area (Å²) in [6, 6.07) is 18.5. The maximum atomic E-state index is 13.2. The molecule has 4 heterocycles. The number of imidazole rings is 1. The molecule has 11 heteroatoms. The molecular formula is C29H28N6O4S. The second-order valence-electron chi connectivity index (χ2n) is 9.71. The summed E-state index contributed by atoms with van der Waals surface area (Å²) < 4.78 is 7.57. The number of carbonyl (C=O) groups excluding carboxylic acids is 2. The van der Waals surface area contributed by atoms with E-state index >= 15 is 0 Å². The highest BCUT2D eigenvalue weighted by Gasteiger charge is 2.25. The van der Waals surface area contributed by atoms with Crippen LogP contribution in [0.3, 0.4) is 0 Å². The molecule has 1 fully saturated rings. The Labute approximate surface area is 234 Å². The fourth-order valence-electron chi connectivity index (χ4n) is 4.67. The van der Waals surface area contributed by atoms with E-state index in [1.807, 2.05) is 47.0 Å². The number of nitrogens with zero attached hydrogens (tertiary/aromatic N) is 4. The summed E-state index contributed by atoms with van der Waals surface area (Å²) in [6.45, 7) is 4.50. The third-order valence-electron chi connectivity index (χ3n) is 6.79. The standard InChI is InChI=1S/C29H28N6O4S/c1-18-30-15-25(39-18)26-9-10-27(40-26)28(38)33-29-32-22-13-20(31-14-24(37)19-5-3-2-4-6-19)7-8-23(22)35(29)12-11-34-16-21(36)17-34/h2-10,13,15,21,31,36H,11-12,14,16-17H2,1H3,(H,32,33,38). The topological polar surface area (TPSA) is 126 Å². The van der Waals surface area contributed by atoms with Gasteiger partial charge in [0.25, 0.3) is 5.91 Å². The molecule has 0 saturated carbocycles. The van der Waals surface area contributed by atoms with Crippen molar-refractivity contribution in [1.82, 2.24) is 19.4 Å². The van der Waals surface area contributed by atoms with E-state index in [9.17, 15) is 14.7 Å². The van der Waals surface area contributed by atoms with Crippen LogP contribution in [0.15, 0.2) is 71.3 Å². The van der Waals surface area contributed by atoms with Crippen molar-refractivity contribution in [2.24, 2.45) is 0 Å². The van der Waals surface area contributed by atoms with Crippen molar-refractivity contribution in [3.8, 4) is 10.6 Å². The van der Waals surface area contributed by atoms with E-state index in [1.165, 1.54) is 11.3 Å². The third-order valence-corrected chi connectivity index (χ3v) is 7.89. The Morgan fingerprint density at radius 2 is 1.93 bits per heavy atom. The average molecular weight is 557 g/mol. The third kappa shape index (κ3) is 5.53. The summed E-state index contributed by atoms with van der Waals surface area (Å²) in [7, 11) is 0. The Bertz CT molecular complexity index is 1670. The van der Waals surface area contributed by atoms with Crippen LogP contribution in [0.25, 0.3) is 21.7 Å². The molecule has 40 heavy (non-hydrogen) atoms. The van der Waals surface area contributed by atoms with Crippen LogP contribution < -0.4 is 10.6 Å². The van der Waals surface area contributed by atoms with Gasteiger partial charge in [0, 0.05) is 44.4 Å². The lowest BCUT2D eigenvalue weighted by atomic mass is 10.1. The van der Waals surface area contributed by atoms with Crippen LogP contribution in [0.1, 0.15) is 25.9 Å². The van der Waals surface area contributed by atoms with Crippen LogP contribution in [0.5, 0.6) is 0 Å². The molecule has 1 aliphatic heterocycles. The van der Waals surface area contributed by atoms with Gasteiger partial charge in [-0.25, -0.2) is 9.97 Å². The Hall–Kier alpha value is -4.32. The normalized spacial score (nSPS) is 13.8. The summed E-state index contributed by atoms with van der Waals surface area (Å²) in [4.78, 5) is 38.1. The number of aromatic nitrogens is 3. The molecule has 0 radical (unpaired) electrons. The first-order chi connectivity index (χ1) is 19.4. The number of anilines is 2. The van der Waals surface area contributed by atoms with Gasteiger partial charge in [-0.15, -0.1) is 11.3 Å². The molecular weight excluding hydrogens is 528 g/mol. The van der Waals surface area contributed by atoms with Crippen molar-refractivity contribution >= 4 is 45.7 Å². The highest BCUT2D eigenvalue weighted by Crippen LogP contribution is 2.30. The van der Waals surface area contributed by atoms with Crippen molar-refractivity contribution < 1.29 is 19.1 Å². The lowest BCUT2D eigenvalue weighted by Crippen LogP contribution is -2.51. The number of β-amino-alcohol motifs (C(OH)–C–C–N with tert-alkyl or cyclic N) is 1. The zero-order valence-corrected chi connectivity index (χ0v) is 22.6. The number of benzene rings is 2. The number of rotatable bonds is 10. The van der Waals surface area contributed by atoms with E-state index in [-0.39, 0.29) is 24.3 Å². The number of amides is 1. The van der Waals surface area contributed by atoms with Gasteiger partial charge in [0.1, 0.15) is 0 Å². The monoisotopic (exact) mass is 556 g/mol. The fourth-order valence-corrected chi connectivity index (χ4v) is 5.52. The van der Waals surface area contributed by atoms with E-state index < -0.39 is 0 Å². The van der Waals surface area contributed by atoms with Crippen LogP contribution in [0, 0.1) is 6.92 Å². The van der Waals surface area contributed by atoms with Crippen LogP contribution in [-0.4, -0.2) is 68.5 Å². The van der Waals surface area contributed by atoms with Crippen LogP contribution in [0.4, 0.5) is 11.6 Å². The second-order valence-corrected chi connectivity index (χ2v) is 10.8. The number of Topliss-reactive ketones (excluding diaryl/α,β-unsaturated/α-hetero) is 1. The molecule has 10 nitrogen and oxygen atoms in total. The van der Waals surface area contributed by atoms with Crippen LogP contribution in [0.2, 0.25) is 0 Å². The summed E-state index contributed by atoms with van der Waals surface area (Å²) in [6.07, 6.45) is 1.36. The lowest BCUT2D eigenvalue weighted by molar-refractivity contribution is 0.000782. The number of nitrogens with one attached hydrogen (secondary N) is 2. The van der Waals surface area contributed by atoms with E-state index in [1.54, 1.807) is 31.3 Å². The van der Waals surface area contributed by atoms with Crippen molar-refractivity contribution in [3.63, 3.8) is 0 Å². The first-order valence-electron chi connectivity index (χ1n) is 13.0. The first kappa shape index (κ1) is 25.9. The highest BCUT2D eigenvalue weighted by molar-refractivity contribution is 7.17. The molecule has 1 aliphatic rings. The number of oxazole rings is 1.